The summed E-state index contributed by atoms with van der Waals surface area (Å²) in [4.78, 5) is 41.6. The predicted octanol–water partition coefficient (Wildman–Crippen LogP) is 4.43. The van der Waals surface area contributed by atoms with Crippen LogP contribution < -0.4 is 19.9 Å². The molecule has 0 aliphatic carbocycles. The molecule has 2 aliphatic rings. The number of hydrogen-bond acceptors (Lipinski definition) is 7. The second kappa shape index (κ2) is 11.9. The van der Waals surface area contributed by atoms with Crippen molar-refractivity contribution in [3.05, 3.63) is 59.6 Å². The van der Waals surface area contributed by atoms with E-state index in [9.17, 15) is 18.8 Å². The molecule has 0 atom stereocenters. The molecule has 200 valence electrons. The topological polar surface area (TPSA) is 112 Å². The van der Waals surface area contributed by atoms with E-state index in [0.29, 0.717) is 25.3 Å². The molecule has 0 aromatic heterocycles. The summed E-state index contributed by atoms with van der Waals surface area (Å²) in [5.41, 5.74) is 1.40. The third kappa shape index (κ3) is 5.69. The van der Waals surface area contributed by atoms with Crippen LogP contribution in [-0.4, -0.2) is 49.8 Å². The molecule has 1 saturated heterocycles. The second-order valence-electron chi connectivity index (χ2n) is 8.88. The monoisotopic (exact) mass is 522 g/mol. The Labute approximate surface area is 220 Å². The van der Waals surface area contributed by atoms with E-state index in [1.54, 1.807) is 49.1 Å². The van der Waals surface area contributed by atoms with Crippen LogP contribution in [0.2, 0.25) is 0 Å². The lowest BCUT2D eigenvalue weighted by Crippen LogP contribution is -2.42. The zero-order valence-corrected chi connectivity index (χ0v) is 21.5. The zero-order chi connectivity index (χ0) is 27.2. The lowest BCUT2D eigenvalue weighted by molar-refractivity contribution is -0.135. The summed E-state index contributed by atoms with van der Waals surface area (Å²) >= 11 is 0. The van der Waals surface area contributed by atoms with Crippen LogP contribution in [0.15, 0.2) is 53.7 Å². The van der Waals surface area contributed by atoms with Gasteiger partial charge in [-0.15, -0.1) is 0 Å². The van der Waals surface area contributed by atoms with E-state index in [1.165, 1.54) is 17.0 Å². The molecule has 2 heterocycles. The van der Waals surface area contributed by atoms with Gasteiger partial charge in [0.05, 0.1) is 13.2 Å². The summed E-state index contributed by atoms with van der Waals surface area (Å²) in [6, 6.07) is 11.4. The van der Waals surface area contributed by atoms with E-state index in [-0.39, 0.29) is 48.2 Å². The van der Waals surface area contributed by atoms with E-state index in [1.807, 2.05) is 0 Å². The number of benzene rings is 2. The van der Waals surface area contributed by atoms with Crippen molar-refractivity contribution in [3.63, 3.8) is 0 Å². The van der Waals surface area contributed by atoms with Gasteiger partial charge in [0, 0.05) is 48.2 Å². The Morgan fingerprint density at radius 2 is 1.68 bits per heavy atom. The second-order valence-corrected chi connectivity index (χ2v) is 8.88. The molecule has 10 heteroatoms. The minimum atomic E-state index is -0.837. The molecular weight excluding hydrogens is 491 g/mol. The van der Waals surface area contributed by atoms with Gasteiger partial charge in [0.2, 0.25) is 5.91 Å². The Morgan fingerprint density at radius 3 is 2.32 bits per heavy atom. The molecule has 2 aliphatic heterocycles. The first kappa shape index (κ1) is 26.8. The van der Waals surface area contributed by atoms with Crippen LogP contribution in [0.1, 0.15) is 39.5 Å². The summed E-state index contributed by atoms with van der Waals surface area (Å²) < 4.78 is 24.7. The van der Waals surface area contributed by atoms with E-state index < -0.39 is 23.4 Å². The number of hydrogen-bond donors (Lipinski definition) is 2. The first-order chi connectivity index (χ1) is 18.3. The highest BCUT2D eigenvalue weighted by molar-refractivity contribution is 6.43. The fraction of sp³-hybridized carbons (Fsp3) is 0.357. The highest BCUT2D eigenvalue weighted by Gasteiger charge is 2.33. The normalized spacial score (nSPS) is 16.0. The molecule has 0 saturated carbocycles. The lowest BCUT2D eigenvalue weighted by Gasteiger charge is -2.32. The van der Waals surface area contributed by atoms with E-state index in [2.05, 4.69) is 5.32 Å². The van der Waals surface area contributed by atoms with Gasteiger partial charge in [-0.3, -0.25) is 15.0 Å². The van der Waals surface area contributed by atoms with Crippen molar-refractivity contribution in [3.8, 4) is 5.75 Å². The molecule has 2 N–H and O–H groups in total. The van der Waals surface area contributed by atoms with Crippen molar-refractivity contribution < 1.29 is 28.2 Å². The first-order valence-electron chi connectivity index (χ1n) is 12.7. The zero-order valence-electron chi connectivity index (χ0n) is 21.5. The van der Waals surface area contributed by atoms with Crippen molar-refractivity contribution in [2.75, 3.05) is 41.4 Å². The van der Waals surface area contributed by atoms with Crippen LogP contribution in [0.5, 0.6) is 5.75 Å². The van der Waals surface area contributed by atoms with Crippen LogP contribution in [0, 0.1) is 11.2 Å². The largest absolute Gasteiger partial charge is 0.491 e. The fourth-order valence-corrected chi connectivity index (χ4v) is 4.55. The Balaban J connectivity index is 1.64. The van der Waals surface area contributed by atoms with Gasteiger partial charge in [-0.1, -0.05) is 0 Å². The number of piperidine rings is 1. The van der Waals surface area contributed by atoms with Gasteiger partial charge >= 0.3 is 5.97 Å². The van der Waals surface area contributed by atoms with Gasteiger partial charge in [-0.2, -0.15) is 0 Å². The van der Waals surface area contributed by atoms with Crippen LogP contribution in [-0.2, 0) is 19.1 Å². The molecule has 2 aromatic rings. The van der Waals surface area contributed by atoms with Crippen LogP contribution in [0.3, 0.4) is 0 Å². The minimum absolute atomic E-state index is 0.00634. The van der Waals surface area contributed by atoms with Gasteiger partial charge < -0.3 is 24.6 Å². The van der Waals surface area contributed by atoms with Crippen molar-refractivity contribution in [2.45, 2.75) is 39.5 Å². The van der Waals surface area contributed by atoms with E-state index in [4.69, 9.17) is 14.9 Å². The van der Waals surface area contributed by atoms with Gasteiger partial charge in [0.15, 0.2) is 11.6 Å². The maximum Gasteiger partial charge on any atom is 0.356 e. The number of halogens is 1. The number of carbonyl (C=O) groups excluding carboxylic acids is 3. The van der Waals surface area contributed by atoms with E-state index >= 15 is 0 Å². The highest BCUT2D eigenvalue weighted by atomic mass is 19.1. The number of carbonyl (C=O) groups is 3. The molecule has 9 nitrogen and oxygen atoms in total. The Morgan fingerprint density at radius 1 is 0.974 bits per heavy atom. The number of amides is 2. The molecule has 38 heavy (non-hydrogen) atoms. The highest BCUT2D eigenvalue weighted by Crippen LogP contribution is 2.31. The smallest absolute Gasteiger partial charge is 0.356 e. The Kier molecular flexibility index (Phi) is 8.40. The molecular formula is C28H31FN4O5. The van der Waals surface area contributed by atoms with Crippen LogP contribution >= 0.6 is 0 Å². The summed E-state index contributed by atoms with van der Waals surface area (Å²) in [6.45, 7) is 4.66. The summed E-state index contributed by atoms with van der Waals surface area (Å²) in [5, 5.41) is 11.3. The molecule has 4 rings (SSSR count). The lowest BCUT2D eigenvalue weighted by atomic mass is 9.98. The average molecular weight is 523 g/mol. The van der Waals surface area contributed by atoms with E-state index in [0.717, 1.165) is 18.5 Å². The maximum absolute atomic E-state index is 14.5. The number of ether oxygens (including phenoxy) is 2. The quantitative estimate of drug-likeness (QED) is 0.372. The summed E-state index contributed by atoms with van der Waals surface area (Å²) in [5.74, 6) is -1.76. The molecule has 2 aromatic carbocycles. The summed E-state index contributed by atoms with van der Waals surface area (Å²) in [7, 11) is 0. The number of nitrogens with zero attached hydrogens (tertiary/aromatic N) is 2. The average Bonchev–Trinajstić information content (AvgIpc) is 2.91. The third-order valence-corrected chi connectivity index (χ3v) is 6.43. The predicted molar refractivity (Wildman–Crippen MR) is 142 cm³/mol. The fourth-order valence-electron chi connectivity index (χ4n) is 4.55. The van der Waals surface area contributed by atoms with Crippen molar-refractivity contribution >= 4 is 40.6 Å². The molecule has 1 fully saturated rings. The van der Waals surface area contributed by atoms with Gasteiger partial charge in [0.25, 0.3) is 5.91 Å². The van der Waals surface area contributed by atoms with Crippen LogP contribution in [0.4, 0.5) is 21.5 Å². The van der Waals surface area contributed by atoms with Gasteiger partial charge in [-0.05, 0) is 69.5 Å². The number of rotatable bonds is 9. The maximum atomic E-state index is 14.5. The molecule has 0 unspecified atom stereocenters. The third-order valence-electron chi connectivity index (χ3n) is 6.43. The summed E-state index contributed by atoms with van der Waals surface area (Å²) in [6.07, 6.45) is 2.56. The molecule has 0 radical (unpaired) electrons. The molecule has 0 spiro atoms. The SMILES string of the molecule is CCOC(=O)C(=N)C1=C(Nc2ccc(OCC)c(F)c2)C(=O)N(c2ccc(N3CCCCC3=O)cc2)CC1. The van der Waals surface area contributed by atoms with Crippen molar-refractivity contribution in [1.29, 1.82) is 5.41 Å². The first-order valence-corrected chi connectivity index (χ1v) is 12.7. The Hall–Kier alpha value is -4.21. The van der Waals surface area contributed by atoms with Crippen molar-refractivity contribution in [2.24, 2.45) is 0 Å². The number of nitrogens with one attached hydrogen (secondary N) is 2. The Bertz CT molecular complexity index is 1270. The van der Waals surface area contributed by atoms with Gasteiger partial charge in [0.1, 0.15) is 11.4 Å². The standard InChI is InChI=1S/C28H31FN4O5/c1-3-37-23-13-8-18(17-22(23)29)31-26-21(25(30)28(36)38-4-2)14-16-33(27(26)35)20-11-9-19(10-12-20)32-15-6-5-7-24(32)34/h8-13,17,30-31H,3-7,14-16H2,1-2H3. The van der Waals surface area contributed by atoms with Crippen LogP contribution in [0.25, 0.3) is 0 Å². The minimum Gasteiger partial charge on any atom is -0.491 e. The van der Waals surface area contributed by atoms with Gasteiger partial charge in [-0.25, -0.2) is 9.18 Å². The molecule has 0 bridgehead atoms. The molecule has 2 amide bonds. The van der Waals surface area contributed by atoms with Crippen molar-refractivity contribution in [1.82, 2.24) is 0 Å². The number of esters is 1. The number of anilines is 3.